The molecule has 6 nitrogen and oxygen atoms in total. The van der Waals surface area contributed by atoms with Crippen molar-refractivity contribution in [2.75, 3.05) is 0 Å². The third-order valence-electron chi connectivity index (χ3n) is 2.05. The number of hydrogen-bond acceptors (Lipinski definition) is 5. The third kappa shape index (κ3) is 2.48. The van der Waals surface area contributed by atoms with Gasteiger partial charge in [0.25, 0.3) is 5.56 Å². The molecule has 0 amide bonds. The van der Waals surface area contributed by atoms with E-state index in [1.54, 1.807) is 0 Å². The minimum Gasteiger partial charge on any atom is -0.339 e. The van der Waals surface area contributed by atoms with Crippen molar-refractivity contribution in [3.05, 3.63) is 38.3 Å². The second kappa shape index (κ2) is 4.85. The van der Waals surface area contributed by atoms with Crippen molar-refractivity contribution in [3.63, 3.8) is 0 Å². The van der Waals surface area contributed by atoms with Crippen LogP contribution in [-0.4, -0.2) is 19.9 Å². The van der Waals surface area contributed by atoms with Gasteiger partial charge in [0.05, 0.1) is 11.2 Å². The maximum atomic E-state index is 11.7. The number of rotatable bonds is 3. The standard InChI is InChI=1S/C9H8Cl2N4O2/c1-2-7-13-6(14-17-7)4-15-9(16)8(11)5(10)3-12-15/h3H,2,4H2,1H3. The molecule has 17 heavy (non-hydrogen) atoms. The van der Waals surface area contributed by atoms with Gasteiger partial charge in [0.2, 0.25) is 5.89 Å². The summed E-state index contributed by atoms with van der Waals surface area (Å²) < 4.78 is 6.04. The van der Waals surface area contributed by atoms with Crippen LogP contribution in [0.1, 0.15) is 18.6 Å². The molecule has 0 N–H and O–H groups in total. The van der Waals surface area contributed by atoms with Gasteiger partial charge in [0.15, 0.2) is 5.82 Å². The van der Waals surface area contributed by atoms with Crippen LogP contribution in [0.2, 0.25) is 10.0 Å². The summed E-state index contributed by atoms with van der Waals surface area (Å²) in [4.78, 5) is 15.7. The summed E-state index contributed by atoms with van der Waals surface area (Å²) in [6, 6.07) is 0. The fourth-order valence-corrected chi connectivity index (χ4v) is 1.46. The predicted molar refractivity (Wildman–Crippen MR) is 61.3 cm³/mol. The molecule has 0 bridgehead atoms. The first kappa shape index (κ1) is 12.1. The highest BCUT2D eigenvalue weighted by Crippen LogP contribution is 2.14. The number of aryl methyl sites for hydroxylation is 1. The Labute approximate surface area is 106 Å². The zero-order chi connectivity index (χ0) is 12.4. The van der Waals surface area contributed by atoms with E-state index in [0.717, 1.165) is 4.68 Å². The zero-order valence-corrected chi connectivity index (χ0v) is 10.4. The molecule has 0 unspecified atom stereocenters. The normalized spacial score (nSPS) is 10.8. The van der Waals surface area contributed by atoms with Gasteiger partial charge in [0, 0.05) is 6.42 Å². The third-order valence-corrected chi connectivity index (χ3v) is 2.79. The lowest BCUT2D eigenvalue weighted by Crippen LogP contribution is -2.24. The summed E-state index contributed by atoms with van der Waals surface area (Å²) in [5.74, 6) is 0.878. The van der Waals surface area contributed by atoms with E-state index in [2.05, 4.69) is 15.2 Å². The lowest BCUT2D eigenvalue weighted by molar-refractivity contribution is 0.374. The molecular weight excluding hydrogens is 267 g/mol. The molecule has 0 aromatic carbocycles. The Kier molecular flexibility index (Phi) is 3.44. The topological polar surface area (TPSA) is 73.8 Å². The molecule has 0 aliphatic carbocycles. The van der Waals surface area contributed by atoms with Crippen LogP contribution < -0.4 is 5.56 Å². The Morgan fingerprint density at radius 1 is 1.47 bits per heavy atom. The highest BCUT2D eigenvalue weighted by Gasteiger charge is 2.11. The minimum atomic E-state index is -0.484. The Balaban J connectivity index is 2.30. The molecule has 2 rings (SSSR count). The van der Waals surface area contributed by atoms with E-state index in [9.17, 15) is 4.79 Å². The molecule has 0 aliphatic heterocycles. The smallest absolute Gasteiger partial charge is 0.287 e. The Morgan fingerprint density at radius 2 is 2.24 bits per heavy atom. The van der Waals surface area contributed by atoms with E-state index in [0.29, 0.717) is 18.1 Å². The molecular formula is C9H8Cl2N4O2. The van der Waals surface area contributed by atoms with Gasteiger partial charge < -0.3 is 4.52 Å². The SMILES string of the molecule is CCc1nc(Cn2ncc(Cl)c(Cl)c2=O)no1. The van der Waals surface area contributed by atoms with Gasteiger partial charge in [-0.2, -0.15) is 10.1 Å². The van der Waals surface area contributed by atoms with Gasteiger partial charge in [-0.05, 0) is 0 Å². The van der Waals surface area contributed by atoms with E-state index in [1.165, 1.54) is 6.20 Å². The van der Waals surface area contributed by atoms with Crippen LogP contribution >= 0.6 is 23.2 Å². The monoisotopic (exact) mass is 274 g/mol. The summed E-state index contributed by atoms with van der Waals surface area (Å²) >= 11 is 11.4. The molecule has 0 fully saturated rings. The average Bonchev–Trinajstić information content (AvgIpc) is 2.78. The van der Waals surface area contributed by atoms with Gasteiger partial charge in [-0.1, -0.05) is 35.3 Å². The Hall–Kier alpha value is -1.40. The van der Waals surface area contributed by atoms with E-state index in [1.807, 2.05) is 6.92 Å². The first-order valence-corrected chi connectivity index (χ1v) is 5.60. The summed E-state index contributed by atoms with van der Waals surface area (Å²) in [7, 11) is 0. The van der Waals surface area contributed by atoms with Gasteiger partial charge in [0.1, 0.15) is 11.6 Å². The quantitative estimate of drug-likeness (QED) is 0.849. The maximum Gasteiger partial charge on any atom is 0.287 e. The predicted octanol–water partition coefficient (Wildman–Crippen LogP) is 1.54. The summed E-state index contributed by atoms with van der Waals surface area (Å²) in [5, 5.41) is 7.60. The van der Waals surface area contributed by atoms with Gasteiger partial charge in [-0.3, -0.25) is 4.79 Å². The van der Waals surface area contributed by atoms with Gasteiger partial charge in [-0.15, -0.1) is 0 Å². The lowest BCUT2D eigenvalue weighted by atomic mass is 10.5. The molecule has 8 heteroatoms. The largest absolute Gasteiger partial charge is 0.339 e. The molecule has 2 aromatic rings. The molecule has 90 valence electrons. The van der Waals surface area contributed by atoms with Crippen molar-refractivity contribution >= 4 is 23.2 Å². The second-order valence-corrected chi connectivity index (χ2v) is 4.01. The fraction of sp³-hybridized carbons (Fsp3) is 0.333. The van der Waals surface area contributed by atoms with Crippen LogP contribution in [-0.2, 0) is 13.0 Å². The molecule has 2 heterocycles. The number of aromatic nitrogens is 4. The van der Waals surface area contributed by atoms with Crippen LogP contribution in [0.15, 0.2) is 15.5 Å². The number of nitrogens with zero attached hydrogens (tertiary/aromatic N) is 4. The second-order valence-electron chi connectivity index (χ2n) is 3.23. The van der Waals surface area contributed by atoms with Crippen LogP contribution in [0.5, 0.6) is 0 Å². The van der Waals surface area contributed by atoms with Gasteiger partial charge >= 0.3 is 0 Å². The van der Waals surface area contributed by atoms with E-state index >= 15 is 0 Å². The first-order valence-electron chi connectivity index (χ1n) is 4.84. The highest BCUT2D eigenvalue weighted by molar-refractivity contribution is 6.41. The maximum absolute atomic E-state index is 11.7. The highest BCUT2D eigenvalue weighted by atomic mass is 35.5. The van der Waals surface area contributed by atoms with Crippen molar-refractivity contribution in [3.8, 4) is 0 Å². The Morgan fingerprint density at radius 3 is 2.88 bits per heavy atom. The molecule has 0 saturated heterocycles. The minimum absolute atomic E-state index is 0.0686. The summed E-state index contributed by atoms with van der Waals surface area (Å²) in [6.45, 7) is 1.99. The average molecular weight is 275 g/mol. The molecule has 0 saturated carbocycles. The zero-order valence-electron chi connectivity index (χ0n) is 8.85. The molecule has 0 radical (unpaired) electrons. The molecule has 2 aromatic heterocycles. The van der Waals surface area contributed by atoms with Crippen LogP contribution in [0, 0.1) is 0 Å². The molecule has 0 spiro atoms. The van der Waals surface area contributed by atoms with Crippen molar-refractivity contribution in [2.24, 2.45) is 0 Å². The van der Waals surface area contributed by atoms with Crippen molar-refractivity contribution in [1.29, 1.82) is 0 Å². The van der Waals surface area contributed by atoms with Crippen molar-refractivity contribution in [2.45, 2.75) is 19.9 Å². The molecule has 0 atom stereocenters. The number of hydrogen-bond donors (Lipinski definition) is 0. The summed E-state index contributed by atoms with van der Waals surface area (Å²) in [5.41, 5.74) is -0.484. The molecule has 0 aliphatic rings. The van der Waals surface area contributed by atoms with E-state index < -0.39 is 5.56 Å². The first-order chi connectivity index (χ1) is 8.11. The van der Waals surface area contributed by atoms with Crippen LogP contribution in [0.4, 0.5) is 0 Å². The van der Waals surface area contributed by atoms with Gasteiger partial charge in [-0.25, -0.2) is 4.68 Å². The van der Waals surface area contributed by atoms with Crippen LogP contribution in [0.3, 0.4) is 0 Å². The van der Waals surface area contributed by atoms with Crippen molar-refractivity contribution in [1.82, 2.24) is 19.9 Å². The Bertz CT molecular complexity index is 593. The van der Waals surface area contributed by atoms with Crippen LogP contribution in [0.25, 0.3) is 0 Å². The number of halogens is 2. The fourth-order valence-electron chi connectivity index (χ4n) is 1.19. The van der Waals surface area contributed by atoms with E-state index in [-0.39, 0.29) is 16.6 Å². The van der Waals surface area contributed by atoms with Crippen molar-refractivity contribution < 1.29 is 4.52 Å². The van der Waals surface area contributed by atoms with E-state index in [4.69, 9.17) is 27.7 Å². The lowest BCUT2D eigenvalue weighted by Gasteiger charge is -2.01. The summed E-state index contributed by atoms with van der Waals surface area (Å²) in [6.07, 6.45) is 1.93.